The Labute approximate surface area is 145 Å². The SMILES string of the molecule is CN(C)c1ccc(NC(=O)c2ccc(Br)cc2Br)cc1Cl. The molecule has 0 saturated heterocycles. The number of carbonyl (C=O) groups excluding carboxylic acids is 1. The molecule has 0 aliphatic carbocycles. The van der Waals surface area contributed by atoms with E-state index >= 15 is 0 Å². The second-order valence-electron chi connectivity index (χ2n) is 4.64. The van der Waals surface area contributed by atoms with E-state index in [-0.39, 0.29) is 5.91 Å². The Morgan fingerprint density at radius 1 is 1.14 bits per heavy atom. The van der Waals surface area contributed by atoms with Crippen LogP contribution in [0.2, 0.25) is 5.02 Å². The monoisotopic (exact) mass is 430 g/mol. The molecular formula is C15H13Br2ClN2O. The number of benzene rings is 2. The van der Waals surface area contributed by atoms with Crippen molar-refractivity contribution in [1.29, 1.82) is 0 Å². The predicted molar refractivity (Wildman–Crippen MR) is 95.6 cm³/mol. The molecule has 0 unspecified atom stereocenters. The first-order valence-electron chi connectivity index (χ1n) is 6.12. The van der Waals surface area contributed by atoms with Crippen LogP contribution in [0.1, 0.15) is 10.4 Å². The first kappa shape index (κ1) is 16.3. The Kier molecular flexibility index (Phi) is 5.30. The number of carbonyl (C=O) groups is 1. The molecule has 2 rings (SSSR count). The molecule has 0 fully saturated rings. The minimum absolute atomic E-state index is 0.192. The van der Waals surface area contributed by atoms with Gasteiger partial charge in [-0.05, 0) is 52.3 Å². The summed E-state index contributed by atoms with van der Waals surface area (Å²) >= 11 is 12.9. The van der Waals surface area contributed by atoms with Crippen LogP contribution in [0.5, 0.6) is 0 Å². The van der Waals surface area contributed by atoms with Gasteiger partial charge in [-0.3, -0.25) is 4.79 Å². The van der Waals surface area contributed by atoms with Gasteiger partial charge in [-0.15, -0.1) is 0 Å². The first-order valence-corrected chi connectivity index (χ1v) is 8.08. The van der Waals surface area contributed by atoms with Crippen LogP contribution in [0.4, 0.5) is 11.4 Å². The summed E-state index contributed by atoms with van der Waals surface area (Å²) in [6.07, 6.45) is 0. The van der Waals surface area contributed by atoms with Crippen molar-refractivity contribution in [1.82, 2.24) is 0 Å². The van der Waals surface area contributed by atoms with Crippen molar-refractivity contribution in [3.05, 3.63) is 55.9 Å². The fourth-order valence-corrected chi connectivity index (χ4v) is 3.40. The average Bonchev–Trinajstić information content (AvgIpc) is 2.37. The van der Waals surface area contributed by atoms with E-state index in [9.17, 15) is 4.79 Å². The van der Waals surface area contributed by atoms with Gasteiger partial charge in [0.25, 0.3) is 5.91 Å². The maximum atomic E-state index is 12.3. The van der Waals surface area contributed by atoms with Gasteiger partial charge < -0.3 is 10.2 Å². The highest BCUT2D eigenvalue weighted by Gasteiger charge is 2.11. The number of anilines is 2. The minimum Gasteiger partial charge on any atom is -0.376 e. The fourth-order valence-electron chi connectivity index (χ4n) is 1.82. The molecular weight excluding hydrogens is 419 g/mol. The number of halogens is 3. The molecule has 1 amide bonds. The zero-order valence-corrected chi connectivity index (χ0v) is 15.4. The highest BCUT2D eigenvalue weighted by molar-refractivity contribution is 9.11. The van der Waals surface area contributed by atoms with E-state index in [1.807, 2.05) is 43.3 Å². The predicted octanol–water partition coefficient (Wildman–Crippen LogP) is 5.18. The van der Waals surface area contributed by atoms with Crippen LogP contribution in [0.15, 0.2) is 45.3 Å². The Hall–Kier alpha value is -1.04. The molecule has 2 aromatic carbocycles. The lowest BCUT2D eigenvalue weighted by molar-refractivity contribution is 0.102. The summed E-state index contributed by atoms with van der Waals surface area (Å²) in [7, 11) is 3.83. The molecule has 0 saturated carbocycles. The Morgan fingerprint density at radius 2 is 1.86 bits per heavy atom. The molecule has 0 spiro atoms. The van der Waals surface area contributed by atoms with Gasteiger partial charge in [0.05, 0.1) is 16.3 Å². The van der Waals surface area contributed by atoms with E-state index < -0.39 is 0 Å². The highest BCUT2D eigenvalue weighted by Crippen LogP contribution is 2.28. The number of nitrogens with zero attached hydrogens (tertiary/aromatic N) is 1. The first-order chi connectivity index (χ1) is 9.88. The van der Waals surface area contributed by atoms with Crippen LogP contribution in [-0.4, -0.2) is 20.0 Å². The summed E-state index contributed by atoms with van der Waals surface area (Å²) in [5.74, 6) is -0.192. The van der Waals surface area contributed by atoms with Crippen LogP contribution in [-0.2, 0) is 0 Å². The van der Waals surface area contributed by atoms with Crippen molar-refractivity contribution in [3.8, 4) is 0 Å². The second-order valence-corrected chi connectivity index (χ2v) is 6.82. The van der Waals surface area contributed by atoms with E-state index in [0.29, 0.717) is 16.3 Å². The van der Waals surface area contributed by atoms with Crippen molar-refractivity contribution in [2.45, 2.75) is 0 Å². The van der Waals surface area contributed by atoms with Crippen LogP contribution in [0, 0.1) is 0 Å². The molecule has 2 aromatic rings. The summed E-state index contributed by atoms with van der Waals surface area (Å²) in [5, 5.41) is 3.43. The van der Waals surface area contributed by atoms with Gasteiger partial charge in [0.1, 0.15) is 0 Å². The molecule has 1 N–H and O–H groups in total. The smallest absolute Gasteiger partial charge is 0.256 e. The number of hydrogen-bond donors (Lipinski definition) is 1. The molecule has 21 heavy (non-hydrogen) atoms. The van der Waals surface area contributed by atoms with E-state index in [2.05, 4.69) is 37.2 Å². The number of rotatable bonds is 3. The molecule has 6 heteroatoms. The van der Waals surface area contributed by atoms with Crippen LogP contribution < -0.4 is 10.2 Å². The van der Waals surface area contributed by atoms with E-state index in [1.165, 1.54) is 0 Å². The Bertz CT molecular complexity index is 689. The lowest BCUT2D eigenvalue weighted by Gasteiger charge is -2.15. The molecule has 0 bridgehead atoms. The van der Waals surface area contributed by atoms with Gasteiger partial charge in [-0.2, -0.15) is 0 Å². The summed E-state index contributed by atoms with van der Waals surface area (Å²) in [4.78, 5) is 14.2. The van der Waals surface area contributed by atoms with Gasteiger partial charge in [-0.1, -0.05) is 27.5 Å². The van der Waals surface area contributed by atoms with Crippen molar-refractivity contribution in [2.24, 2.45) is 0 Å². The van der Waals surface area contributed by atoms with Crippen LogP contribution >= 0.6 is 43.5 Å². The summed E-state index contributed by atoms with van der Waals surface area (Å²) in [6, 6.07) is 10.8. The molecule has 0 atom stereocenters. The fraction of sp³-hybridized carbons (Fsp3) is 0.133. The van der Waals surface area contributed by atoms with E-state index in [1.54, 1.807) is 12.1 Å². The molecule has 0 radical (unpaired) electrons. The zero-order chi connectivity index (χ0) is 15.6. The number of amides is 1. The molecule has 0 aromatic heterocycles. The molecule has 0 aliphatic heterocycles. The van der Waals surface area contributed by atoms with Gasteiger partial charge >= 0.3 is 0 Å². The highest BCUT2D eigenvalue weighted by atomic mass is 79.9. The van der Waals surface area contributed by atoms with Gasteiger partial charge in [-0.25, -0.2) is 0 Å². The topological polar surface area (TPSA) is 32.3 Å². The van der Waals surface area contributed by atoms with Crippen molar-refractivity contribution in [2.75, 3.05) is 24.3 Å². The summed E-state index contributed by atoms with van der Waals surface area (Å²) in [6.45, 7) is 0. The number of nitrogens with one attached hydrogen (secondary N) is 1. The molecule has 3 nitrogen and oxygen atoms in total. The molecule has 0 aliphatic rings. The van der Waals surface area contributed by atoms with Crippen molar-refractivity contribution < 1.29 is 4.79 Å². The third-order valence-corrected chi connectivity index (χ3v) is 4.32. The van der Waals surface area contributed by atoms with Gasteiger partial charge in [0, 0.05) is 28.7 Å². The maximum absolute atomic E-state index is 12.3. The maximum Gasteiger partial charge on any atom is 0.256 e. The Morgan fingerprint density at radius 3 is 2.43 bits per heavy atom. The normalized spacial score (nSPS) is 10.3. The van der Waals surface area contributed by atoms with Crippen LogP contribution in [0.3, 0.4) is 0 Å². The largest absolute Gasteiger partial charge is 0.376 e. The van der Waals surface area contributed by atoms with Crippen LogP contribution in [0.25, 0.3) is 0 Å². The summed E-state index contributed by atoms with van der Waals surface area (Å²) in [5.41, 5.74) is 2.12. The summed E-state index contributed by atoms with van der Waals surface area (Å²) < 4.78 is 1.63. The lowest BCUT2D eigenvalue weighted by Crippen LogP contribution is -2.13. The van der Waals surface area contributed by atoms with Gasteiger partial charge in [0.15, 0.2) is 0 Å². The standard InChI is InChI=1S/C15H13Br2ClN2O/c1-20(2)14-6-4-10(8-13(14)18)19-15(21)11-5-3-9(16)7-12(11)17/h3-8H,1-2H3,(H,19,21). The third kappa shape index (κ3) is 3.99. The van der Waals surface area contributed by atoms with Crippen molar-refractivity contribution >= 4 is 60.7 Å². The molecule has 0 heterocycles. The zero-order valence-electron chi connectivity index (χ0n) is 11.5. The minimum atomic E-state index is -0.192. The third-order valence-electron chi connectivity index (χ3n) is 2.86. The van der Waals surface area contributed by atoms with E-state index in [4.69, 9.17) is 11.6 Å². The Balaban J connectivity index is 2.22. The molecule has 110 valence electrons. The number of hydrogen-bond acceptors (Lipinski definition) is 2. The lowest BCUT2D eigenvalue weighted by atomic mass is 10.2. The quantitative estimate of drug-likeness (QED) is 0.725. The van der Waals surface area contributed by atoms with Gasteiger partial charge in [0.2, 0.25) is 0 Å². The van der Waals surface area contributed by atoms with Crippen molar-refractivity contribution in [3.63, 3.8) is 0 Å². The van der Waals surface area contributed by atoms with E-state index in [0.717, 1.165) is 14.6 Å². The average molecular weight is 433 g/mol. The second kappa shape index (κ2) is 6.81.